The molecule has 0 saturated carbocycles. The summed E-state index contributed by atoms with van der Waals surface area (Å²) < 4.78 is 0. The van der Waals surface area contributed by atoms with E-state index in [-0.39, 0.29) is 0 Å². The molecule has 0 unspecified atom stereocenters. The van der Waals surface area contributed by atoms with Crippen molar-refractivity contribution in [2.24, 2.45) is 0 Å². The Bertz CT molecular complexity index is 2080. The number of amides is 2. The van der Waals surface area contributed by atoms with Gasteiger partial charge in [0, 0.05) is 0 Å². The Balaban J connectivity index is 1.41. The van der Waals surface area contributed by atoms with Crippen molar-refractivity contribution in [1.29, 1.82) is 0 Å². The molecular formula is C49H50N2O4. The highest BCUT2D eigenvalue weighted by atomic mass is 16.3. The van der Waals surface area contributed by atoms with E-state index < -0.39 is 41.5 Å². The zero-order chi connectivity index (χ0) is 39.3. The van der Waals surface area contributed by atoms with E-state index in [1.807, 2.05) is 187 Å². The number of rotatable bonds is 12. The monoisotopic (exact) mass is 730 g/mol. The van der Waals surface area contributed by atoms with E-state index >= 15 is 0 Å². The van der Waals surface area contributed by atoms with Crippen molar-refractivity contribution in [3.8, 4) is 0 Å². The molecule has 2 atom stereocenters. The zero-order valence-corrected chi connectivity index (χ0v) is 32.4. The lowest BCUT2D eigenvalue weighted by molar-refractivity contribution is -0.132. The van der Waals surface area contributed by atoms with Crippen molar-refractivity contribution in [1.82, 2.24) is 10.6 Å². The molecule has 6 aromatic rings. The molecule has 280 valence electrons. The molecule has 4 N–H and O–H groups in total. The van der Waals surface area contributed by atoms with Gasteiger partial charge in [-0.1, -0.05) is 168 Å². The Morgan fingerprint density at radius 1 is 0.455 bits per heavy atom. The van der Waals surface area contributed by atoms with E-state index in [1.165, 1.54) is 0 Å². The quantitative estimate of drug-likeness (QED) is 0.0947. The van der Waals surface area contributed by atoms with Crippen LogP contribution in [0.4, 0.5) is 0 Å². The Morgan fingerprint density at radius 2 is 0.745 bits per heavy atom. The average Bonchev–Trinajstić information content (AvgIpc) is 3.16. The van der Waals surface area contributed by atoms with Crippen molar-refractivity contribution in [2.75, 3.05) is 0 Å². The molecule has 2 amide bonds. The SMILES string of the molecule is Cc1cccc(C(O)(c2cccc(C)c2)[C@H](NC(=O)CC(=O)N[C@H](c2ccccc2C)C(O)(c2cccc(C)c2)c2cccc(C)c2)c2ccccc2C)c1. The lowest BCUT2D eigenvalue weighted by Gasteiger charge is -2.40. The third-order valence-electron chi connectivity index (χ3n) is 10.6. The maximum atomic E-state index is 14.3. The summed E-state index contributed by atoms with van der Waals surface area (Å²) in [7, 11) is 0. The Hall–Kier alpha value is -5.82. The van der Waals surface area contributed by atoms with E-state index in [0.717, 1.165) is 33.4 Å². The average molecular weight is 731 g/mol. The number of hydrogen-bond donors (Lipinski definition) is 4. The first kappa shape index (κ1) is 38.9. The number of carbonyl (C=O) groups excluding carboxylic acids is 2. The van der Waals surface area contributed by atoms with Crippen LogP contribution in [-0.4, -0.2) is 22.0 Å². The van der Waals surface area contributed by atoms with Crippen LogP contribution in [0.1, 0.15) is 85.3 Å². The molecular weight excluding hydrogens is 681 g/mol. The number of aliphatic hydroxyl groups is 2. The second-order valence-corrected chi connectivity index (χ2v) is 14.9. The van der Waals surface area contributed by atoms with Gasteiger partial charge in [0.15, 0.2) is 0 Å². The predicted molar refractivity (Wildman–Crippen MR) is 219 cm³/mol. The van der Waals surface area contributed by atoms with Crippen LogP contribution in [0.25, 0.3) is 0 Å². The summed E-state index contributed by atoms with van der Waals surface area (Å²) in [4.78, 5) is 28.6. The molecule has 0 aromatic heterocycles. The maximum Gasteiger partial charge on any atom is 0.230 e. The molecule has 55 heavy (non-hydrogen) atoms. The second kappa shape index (κ2) is 16.3. The lowest BCUT2D eigenvalue weighted by atomic mass is 9.75. The van der Waals surface area contributed by atoms with Gasteiger partial charge >= 0.3 is 0 Å². The third-order valence-corrected chi connectivity index (χ3v) is 10.6. The largest absolute Gasteiger partial charge is 0.378 e. The van der Waals surface area contributed by atoms with Crippen LogP contribution >= 0.6 is 0 Å². The molecule has 0 heterocycles. The summed E-state index contributed by atoms with van der Waals surface area (Å²) in [5.41, 5.74) is 6.00. The summed E-state index contributed by atoms with van der Waals surface area (Å²) >= 11 is 0. The van der Waals surface area contributed by atoms with E-state index in [2.05, 4.69) is 10.6 Å². The molecule has 6 heteroatoms. The fourth-order valence-electron chi connectivity index (χ4n) is 7.73. The smallest absolute Gasteiger partial charge is 0.230 e. The van der Waals surface area contributed by atoms with Crippen molar-refractivity contribution in [2.45, 2.75) is 71.2 Å². The molecule has 0 bridgehead atoms. The number of nitrogens with one attached hydrogen (secondary N) is 2. The summed E-state index contributed by atoms with van der Waals surface area (Å²) in [6, 6.07) is 43.9. The van der Waals surface area contributed by atoms with Gasteiger partial charge in [0.2, 0.25) is 11.8 Å². The van der Waals surface area contributed by atoms with Gasteiger partial charge in [0.05, 0.1) is 12.1 Å². The molecule has 6 aromatic carbocycles. The second-order valence-electron chi connectivity index (χ2n) is 14.9. The van der Waals surface area contributed by atoms with Crippen molar-refractivity contribution >= 4 is 11.8 Å². The Labute approximate surface area is 324 Å². The Morgan fingerprint density at radius 3 is 1.02 bits per heavy atom. The molecule has 0 aliphatic rings. The van der Waals surface area contributed by atoms with Gasteiger partial charge < -0.3 is 20.8 Å². The number of carbonyl (C=O) groups is 2. The van der Waals surface area contributed by atoms with Crippen LogP contribution in [-0.2, 0) is 20.8 Å². The van der Waals surface area contributed by atoms with E-state index in [1.54, 1.807) is 0 Å². The molecule has 6 nitrogen and oxygen atoms in total. The standard InChI is InChI=1S/C49H50N2O4/c1-32-15-11-21-38(27-32)48(54,39-22-12-16-33(2)28-39)46(42-25-9-7-19-36(42)5)50-44(52)31-45(53)51-47(43-26-10-8-20-37(43)6)49(55,40-23-13-17-34(3)29-40)41-24-14-18-35(4)30-41/h7-30,46-47,54-55H,31H2,1-6H3,(H,50,52)(H,51,53)/t46-,47-/m1/s1. The minimum atomic E-state index is -1.71. The summed E-state index contributed by atoms with van der Waals surface area (Å²) in [5, 5.41) is 32.4. The van der Waals surface area contributed by atoms with Crippen LogP contribution < -0.4 is 10.6 Å². The zero-order valence-electron chi connectivity index (χ0n) is 32.4. The first-order valence-corrected chi connectivity index (χ1v) is 18.7. The van der Waals surface area contributed by atoms with Gasteiger partial charge in [-0.2, -0.15) is 0 Å². The van der Waals surface area contributed by atoms with Crippen molar-refractivity contribution in [3.05, 3.63) is 212 Å². The summed E-state index contributed by atoms with van der Waals surface area (Å²) in [5.74, 6) is -1.16. The van der Waals surface area contributed by atoms with Crippen LogP contribution in [0.5, 0.6) is 0 Å². The van der Waals surface area contributed by atoms with Crippen LogP contribution in [0, 0.1) is 41.5 Å². The van der Waals surface area contributed by atoms with Crippen LogP contribution in [0.15, 0.2) is 146 Å². The number of aryl methyl sites for hydroxylation is 6. The summed E-state index contributed by atoms with van der Waals surface area (Å²) in [6.07, 6.45) is -0.555. The molecule has 0 radical (unpaired) electrons. The van der Waals surface area contributed by atoms with Gasteiger partial charge in [-0.05, 0) is 86.1 Å². The Kier molecular flexibility index (Phi) is 11.5. The first-order valence-electron chi connectivity index (χ1n) is 18.7. The van der Waals surface area contributed by atoms with E-state index in [4.69, 9.17) is 0 Å². The van der Waals surface area contributed by atoms with Gasteiger partial charge in [-0.25, -0.2) is 0 Å². The molecule has 0 fully saturated rings. The van der Waals surface area contributed by atoms with Crippen LogP contribution in [0.2, 0.25) is 0 Å². The molecule has 0 aliphatic heterocycles. The van der Waals surface area contributed by atoms with E-state index in [9.17, 15) is 19.8 Å². The lowest BCUT2D eigenvalue weighted by Crippen LogP contribution is -2.48. The highest BCUT2D eigenvalue weighted by molar-refractivity contribution is 5.97. The van der Waals surface area contributed by atoms with Crippen molar-refractivity contribution in [3.63, 3.8) is 0 Å². The molecule has 6 rings (SSSR count). The maximum absolute atomic E-state index is 14.3. The van der Waals surface area contributed by atoms with Gasteiger partial charge in [-0.3, -0.25) is 9.59 Å². The van der Waals surface area contributed by atoms with Gasteiger partial charge in [-0.15, -0.1) is 0 Å². The third kappa shape index (κ3) is 8.16. The fraction of sp³-hybridized carbons (Fsp3) is 0.224. The molecule has 0 aliphatic carbocycles. The molecule has 0 spiro atoms. The van der Waals surface area contributed by atoms with Crippen molar-refractivity contribution < 1.29 is 19.8 Å². The minimum absolute atomic E-state index is 0.555. The summed E-state index contributed by atoms with van der Waals surface area (Å²) in [6.45, 7) is 11.7. The predicted octanol–water partition coefficient (Wildman–Crippen LogP) is 8.81. The molecule has 0 saturated heterocycles. The normalized spacial score (nSPS) is 12.8. The highest BCUT2D eigenvalue weighted by Crippen LogP contribution is 2.44. The fourth-order valence-corrected chi connectivity index (χ4v) is 7.73. The van der Waals surface area contributed by atoms with E-state index in [0.29, 0.717) is 33.4 Å². The number of hydrogen-bond acceptors (Lipinski definition) is 4. The minimum Gasteiger partial charge on any atom is -0.378 e. The highest BCUT2D eigenvalue weighted by Gasteiger charge is 2.45. The van der Waals surface area contributed by atoms with Gasteiger partial charge in [0.25, 0.3) is 0 Å². The topological polar surface area (TPSA) is 98.7 Å². The first-order chi connectivity index (χ1) is 26.3. The van der Waals surface area contributed by atoms with Crippen LogP contribution in [0.3, 0.4) is 0 Å². The number of benzene rings is 6. The van der Waals surface area contributed by atoms with Gasteiger partial charge in [0.1, 0.15) is 17.6 Å².